The first-order chi connectivity index (χ1) is 15.2. The van der Waals surface area contributed by atoms with E-state index in [2.05, 4.69) is 19.9 Å². The molecule has 7 nitrogen and oxygen atoms in total. The fraction of sp³-hybridized carbons (Fsp3) is 0.0435. The second-order valence-corrected chi connectivity index (χ2v) is 7.72. The molecule has 0 atom stereocenters. The summed E-state index contributed by atoms with van der Waals surface area (Å²) in [6.45, 7) is 0. The van der Waals surface area contributed by atoms with Crippen molar-refractivity contribution in [1.29, 1.82) is 0 Å². The van der Waals surface area contributed by atoms with Crippen molar-refractivity contribution in [2.45, 2.75) is 10.9 Å². The van der Waals surface area contributed by atoms with Crippen LogP contribution in [0.15, 0.2) is 92.0 Å². The number of hydrogen-bond acceptors (Lipinski definition) is 6. The van der Waals surface area contributed by atoms with Gasteiger partial charge in [0.25, 0.3) is 5.56 Å². The number of hydrogen-bond donors (Lipinski definition) is 2. The molecule has 2 heterocycles. The predicted octanol–water partition coefficient (Wildman–Crippen LogP) is 4.32. The third-order valence-corrected chi connectivity index (χ3v) is 5.56. The number of aromatic amines is 2. The summed E-state index contributed by atoms with van der Waals surface area (Å²) >= 11 is 1.36. The third-order valence-electron chi connectivity index (χ3n) is 4.70. The Kier molecular flexibility index (Phi) is 4.97. The van der Waals surface area contributed by atoms with Gasteiger partial charge in [-0.15, -0.1) is 0 Å². The molecule has 0 saturated carbocycles. The van der Waals surface area contributed by atoms with E-state index in [0.717, 1.165) is 11.0 Å². The maximum absolute atomic E-state index is 12.8. The molecule has 31 heavy (non-hydrogen) atoms. The summed E-state index contributed by atoms with van der Waals surface area (Å²) in [7, 11) is 0. The summed E-state index contributed by atoms with van der Waals surface area (Å²) < 4.78 is 5.64. The first-order valence-corrected chi connectivity index (χ1v) is 10.5. The number of H-pyrrole nitrogens is 2. The first kappa shape index (κ1) is 19.1. The van der Waals surface area contributed by atoms with Gasteiger partial charge in [-0.25, -0.2) is 14.8 Å². The Morgan fingerprint density at radius 3 is 2.23 bits per heavy atom. The zero-order valence-electron chi connectivity index (χ0n) is 16.2. The van der Waals surface area contributed by atoms with Gasteiger partial charge in [0, 0.05) is 0 Å². The minimum atomic E-state index is -0.584. The van der Waals surface area contributed by atoms with E-state index < -0.39 is 5.63 Å². The molecule has 5 rings (SSSR count). The smallest absolute Gasteiger partial charge is 0.346 e. The molecule has 0 aliphatic rings. The highest BCUT2D eigenvalue weighted by Crippen LogP contribution is 2.22. The average molecular weight is 428 g/mol. The van der Waals surface area contributed by atoms with Crippen molar-refractivity contribution >= 4 is 44.6 Å². The summed E-state index contributed by atoms with van der Waals surface area (Å²) in [6, 6.07) is 21.4. The summed E-state index contributed by atoms with van der Waals surface area (Å²) in [4.78, 5) is 40.7. The molecule has 2 N–H and O–H groups in total. The lowest BCUT2D eigenvalue weighted by molar-refractivity contribution is 0.468. The van der Waals surface area contributed by atoms with Gasteiger partial charge in [0.1, 0.15) is 0 Å². The van der Waals surface area contributed by atoms with Crippen molar-refractivity contribution in [3.05, 3.63) is 99.5 Å². The monoisotopic (exact) mass is 428 g/mol. The van der Waals surface area contributed by atoms with Crippen molar-refractivity contribution in [1.82, 2.24) is 19.9 Å². The van der Waals surface area contributed by atoms with Gasteiger partial charge in [-0.05, 0) is 36.4 Å². The lowest BCUT2D eigenvalue weighted by atomic mass is 10.2. The Morgan fingerprint density at radius 2 is 1.42 bits per heavy atom. The molecule has 0 spiro atoms. The number of thioether (sulfide) groups is 1. The van der Waals surface area contributed by atoms with Gasteiger partial charge < -0.3 is 14.4 Å². The van der Waals surface area contributed by atoms with Crippen LogP contribution in [0.25, 0.3) is 32.8 Å². The largest absolute Gasteiger partial charge is 0.407 e. The van der Waals surface area contributed by atoms with E-state index in [-0.39, 0.29) is 22.6 Å². The minimum absolute atomic E-state index is 0.187. The highest BCUT2D eigenvalue weighted by Gasteiger charge is 2.07. The van der Waals surface area contributed by atoms with Gasteiger partial charge in [0.05, 0.1) is 38.6 Å². The van der Waals surface area contributed by atoms with Gasteiger partial charge in [0.15, 0.2) is 5.16 Å². The highest BCUT2D eigenvalue weighted by molar-refractivity contribution is 7.98. The van der Waals surface area contributed by atoms with E-state index in [1.807, 2.05) is 24.3 Å². The molecule has 0 aliphatic carbocycles. The molecule has 3 aromatic carbocycles. The zero-order chi connectivity index (χ0) is 21.2. The number of imidazole rings is 1. The molecular formula is C23H16N4O3S. The van der Waals surface area contributed by atoms with Crippen LogP contribution in [0.1, 0.15) is 5.89 Å². The van der Waals surface area contributed by atoms with Crippen LogP contribution < -0.4 is 11.2 Å². The lowest BCUT2D eigenvalue weighted by Gasteiger charge is -1.99. The summed E-state index contributed by atoms with van der Waals surface area (Å²) in [5.74, 6) is 0.441. The second-order valence-electron chi connectivity index (χ2n) is 6.76. The third kappa shape index (κ3) is 3.93. The van der Waals surface area contributed by atoms with E-state index in [9.17, 15) is 9.59 Å². The molecule has 2 aromatic heterocycles. The summed E-state index contributed by atoms with van der Waals surface area (Å²) in [5, 5.41) is 1.33. The van der Waals surface area contributed by atoms with Crippen molar-refractivity contribution < 1.29 is 4.42 Å². The highest BCUT2D eigenvalue weighted by atomic mass is 32.2. The average Bonchev–Trinajstić information content (AvgIpc) is 3.21. The van der Waals surface area contributed by atoms with Gasteiger partial charge in [-0.3, -0.25) is 4.79 Å². The van der Waals surface area contributed by atoms with Gasteiger partial charge in [-0.2, -0.15) is 0 Å². The van der Waals surface area contributed by atoms with E-state index in [1.54, 1.807) is 48.5 Å². The van der Waals surface area contributed by atoms with Crippen LogP contribution in [0.2, 0.25) is 0 Å². The maximum atomic E-state index is 12.8. The number of nitrogens with one attached hydrogen (secondary N) is 2. The van der Waals surface area contributed by atoms with Crippen LogP contribution in [-0.2, 0) is 5.75 Å². The van der Waals surface area contributed by atoms with E-state index >= 15 is 0 Å². The number of benzene rings is 3. The summed E-state index contributed by atoms with van der Waals surface area (Å²) in [5.41, 5.74) is 1.66. The van der Waals surface area contributed by atoms with Gasteiger partial charge >= 0.3 is 5.63 Å². The molecular weight excluding hydrogens is 412 g/mol. The first-order valence-electron chi connectivity index (χ1n) is 9.54. The van der Waals surface area contributed by atoms with Crippen LogP contribution in [0, 0.1) is 0 Å². The van der Waals surface area contributed by atoms with Crippen LogP contribution in [0.4, 0.5) is 0 Å². The zero-order valence-corrected chi connectivity index (χ0v) is 17.0. The van der Waals surface area contributed by atoms with Crippen molar-refractivity contribution in [2.24, 2.45) is 0 Å². The van der Waals surface area contributed by atoms with Crippen molar-refractivity contribution in [3.63, 3.8) is 0 Å². The Morgan fingerprint density at radius 1 is 0.742 bits per heavy atom. The molecule has 5 aromatic rings. The normalized spacial score (nSPS) is 11.1. The van der Waals surface area contributed by atoms with Crippen molar-refractivity contribution in [3.8, 4) is 0 Å². The summed E-state index contributed by atoms with van der Waals surface area (Å²) in [6.07, 6.45) is 0. The number of nitrogens with zero attached hydrogens (tertiary/aromatic N) is 2. The van der Waals surface area contributed by atoms with Crippen LogP contribution in [0.5, 0.6) is 0 Å². The molecule has 0 saturated heterocycles. The topological polar surface area (TPSA) is 105 Å². The number of fused-ring (bicyclic) bond motifs is 3. The standard InChI is InChI=1S/C23H16N4O3S/c28-21-14-7-1-3-9-16(14)24-20(30-22(29)15-8-2-4-10-17(15)25-21)13-31-23-26-18-11-5-6-12-19(18)27-23/h1-12H,13H2,(H,25,28)(H,26,27). The van der Waals surface area contributed by atoms with Crippen LogP contribution in [-0.4, -0.2) is 19.9 Å². The quantitative estimate of drug-likeness (QED) is 0.415. The molecule has 152 valence electrons. The molecule has 0 radical (unpaired) electrons. The SMILES string of the molecule is O=c1[nH]c2ccccc2c(=O)oc(CSc2nc3ccccc3[nH]2)nc2ccccc12. The number of aromatic nitrogens is 4. The molecule has 0 unspecified atom stereocenters. The predicted molar refractivity (Wildman–Crippen MR) is 122 cm³/mol. The Hall–Kier alpha value is -3.91. The fourth-order valence-electron chi connectivity index (χ4n) is 3.23. The molecule has 0 fully saturated rings. The Bertz CT molecular complexity index is 1570. The van der Waals surface area contributed by atoms with Gasteiger partial charge in [-0.1, -0.05) is 48.2 Å². The lowest BCUT2D eigenvalue weighted by Crippen LogP contribution is -2.07. The molecule has 8 heteroatoms. The van der Waals surface area contributed by atoms with Gasteiger partial charge in [0.2, 0.25) is 5.89 Å². The van der Waals surface area contributed by atoms with E-state index in [1.165, 1.54) is 11.8 Å². The minimum Gasteiger partial charge on any atom is -0.407 e. The molecule has 0 bridgehead atoms. The second kappa shape index (κ2) is 8.08. The Labute approximate surface area is 179 Å². The van der Waals surface area contributed by atoms with E-state index in [4.69, 9.17) is 4.42 Å². The maximum Gasteiger partial charge on any atom is 0.346 e. The van der Waals surface area contributed by atoms with E-state index in [0.29, 0.717) is 21.6 Å². The Balaban J connectivity index is 1.69. The fourth-order valence-corrected chi connectivity index (χ4v) is 3.96. The number of rotatable bonds is 3. The van der Waals surface area contributed by atoms with Crippen LogP contribution >= 0.6 is 11.8 Å². The molecule has 0 amide bonds. The van der Waals surface area contributed by atoms with Crippen LogP contribution in [0.3, 0.4) is 0 Å². The molecule has 0 aliphatic heterocycles. The number of para-hydroxylation sites is 4. The van der Waals surface area contributed by atoms with Crippen molar-refractivity contribution in [2.75, 3.05) is 0 Å².